The summed E-state index contributed by atoms with van der Waals surface area (Å²) in [4.78, 5) is 11.6. The number of aromatic hydroxyl groups is 4. The second-order valence-electron chi connectivity index (χ2n) is 36.7. The van der Waals surface area contributed by atoms with Crippen molar-refractivity contribution in [3.8, 4) is 39.9 Å². The molecule has 0 aromatic heterocycles. The highest BCUT2D eigenvalue weighted by molar-refractivity contribution is 7.10. The lowest BCUT2D eigenvalue weighted by Gasteiger charge is -2.30. The van der Waals surface area contributed by atoms with Crippen molar-refractivity contribution in [3.63, 3.8) is 0 Å². The van der Waals surface area contributed by atoms with E-state index in [1.165, 1.54) is 55.6 Å². The third kappa shape index (κ3) is 20.4. The summed E-state index contributed by atoms with van der Waals surface area (Å²) in [5.41, 5.74) is 21.3. The van der Waals surface area contributed by atoms with Gasteiger partial charge in [0.2, 0.25) is 0 Å². The van der Waals surface area contributed by atoms with E-state index in [9.17, 15) is 25.2 Å². The van der Waals surface area contributed by atoms with Crippen molar-refractivity contribution in [1.29, 1.82) is 0 Å². The fourth-order valence-electron chi connectivity index (χ4n) is 12.7. The van der Waals surface area contributed by atoms with Crippen molar-refractivity contribution in [2.45, 2.75) is 309 Å². The average Bonchev–Trinajstić information content (AvgIpc) is 0.754. The molecule has 0 fully saturated rings. The van der Waals surface area contributed by atoms with Crippen LogP contribution in [0.3, 0.4) is 0 Å². The van der Waals surface area contributed by atoms with Gasteiger partial charge in [0.25, 0.3) is 0 Å². The Morgan fingerprint density at radius 3 is 1.07 bits per heavy atom. The Morgan fingerprint density at radius 2 is 0.755 bits per heavy atom. The van der Waals surface area contributed by atoms with Crippen LogP contribution in [-0.2, 0) is 83.9 Å². The Balaban J connectivity index is 0.000000400. The molecule has 0 spiro atoms. The zero-order valence-corrected chi connectivity index (χ0v) is 66.4. The van der Waals surface area contributed by atoms with Gasteiger partial charge < -0.3 is 29.7 Å². The number of carbonyl (C=O) groups is 1. The highest BCUT2D eigenvalue weighted by Crippen LogP contribution is 2.48. The summed E-state index contributed by atoms with van der Waals surface area (Å²) in [5, 5.41) is 45.6. The van der Waals surface area contributed by atoms with E-state index in [4.69, 9.17) is 9.26 Å². The van der Waals surface area contributed by atoms with Gasteiger partial charge in [-0.15, -0.1) is 0 Å². The number of phenols is 4. The molecule has 94 heavy (non-hydrogen) atoms. The molecule has 0 aliphatic rings. The predicted octanol–water partition coefficient (Wildman–Crippen LogP) is 23.2. The van der Waals surface area contributed by atoms with Gasteiger partial charge in [-0.25, -0.2) is 0 Å². The molecule has 0 aliphatic carbocycles. The van der Waals surface area contributed by atoms with Gasteiger partial charge in [0.15, 0.2) is 0 Å². The first-order valence-electron chi connectivity index (χ1n) is 34.6. The highest BCUT2D eigenvalue weighted by atomic mass is 31.0. The number of carbonyl (C=O) groups excluding carboxylic acids is 1. The molecule has 0 amide bonds. The summed E-state index contributed by atoms with van der Waals surface area (Å²) >= 11 is 0. The molecule has 0 saturated carbocycles. The maximum absolute atomic E-state index is 11.8. The number of aryl methyl sites for hydroxylation is 1. The zero-order chi connectivity index (χ0) is 72.5. The van der Waals surface area contributed by atoms with Crippen LogP contribution in [0, 0.1) is 26.7 Å². The molecule has 0 bridgehead atoms. The third-order valence-corrected chi connectivity index (χ3v) is 18.6. The van der Waals surface area contributed by atoms with Gasteiger partial charge in [-0.2, -0.15) is 0 Å². The lowest BCUT2D eigenvalue weighted by Crippen LogP contribution is -2.18. The average molecular weight is 1310 g/mol. The molecular weight excluding hydrogens is 1180 g/mol. The first-order chi connectivity index (χ1) is 42.4. The SMILES string of the molecule is CC(C)(C)c1ccc(OP)c(C(C)(C)C)c1.CCOC(=O)CCc1cc(C(C)(C)C)c(O)c(C(C)(C)C)c1.Cc1c(Cc2cc(CC(C)C)c(O)c(C(C)(C)C)c2)c(C)c(-c2cc(C(C)(C)C)c(O)c(C(C)(C)C)c2)c(C)c1Cc1cc(C(C)(C)C)c(O)c(C(C)(C)C)c1. The molecule has 520 valence electrons. The van der Waals surface area contributed by atoms with Crippen LogP contribution in [0.4, 0.5) is 0 Å². The Labute approximate surface area is 575 Å². The first kappa shape index (κ1) is 80.7. The van der Waals surface area contributed by atoms with E-state index < -0.39 is 0 Å². The van der Waals surface area contributed by atoms with Gasteiger partial charge in [-0.05, 0) is 221 Å². The summed E-state index contributed by atoms with van der Waals surface area (Å²) in [6.07, 6.45) is 3.27. The van der Waals surface area contributed by atoms with E-state index >= 15 is 0 Å². The quantitative estimate of drug-likeness (QED) is 0.0712. The van der Waals surface area contributed by atoms with Gasteiger partial charge in [-0.1, -0.05) is 249 Å². The highest BCUT2D eigenvalue weighted by Gasteiger charge is 2.33. The summed E-state index contributed by atoms with van der Waals surface area (Å²) in [7, 11) is 2.33. The Hall–Kier alpha value is -5.78. The summed E-state index contributed by atoms with van der Waals surface area (Å²) < 4.78 is 10.4. The molecule has 7 nitrogen and oxygen atoms in total. The van der Waals surface area contributed by atoms with Crippen LogP contribution in [-0.4, -0.2) is 33.0 Å². The van der Waals surface area contributed by atoms with E-state index in [1.54, 1.807) is 0 Å². The molecule has 6 rings (SSSR count). The maximum atomic E-state index is 11.8. The van der Waals surface area contributed by atoms with E-state index in [0.29, 0.717) is 48.4 Å². The summed E-state index contributed by atoms with van der Waals surface area (Å²) in [5.74, 6) is 2.78. The minimum Gasteiger partial charge on any atom is -0.507 e. The molecule has 8 heteroatoms. The van der Waals surface area contributed by atoms with Crippen LogP contribution in [0.5, 0.6) is 28.7 Å². The topological polar surface area (TPSA) is 116 Å². The van der Waals surface area contributed by atoms with Gasteiger partial charge >= 0.3 is 5.97 Å². The lowest BCUT2D eigenvalue weighted by molar-refractivity contribution is -0.143. The van der Waals surface area contributed by atoms with Gasteiger partial charge in [0.1, 0.15) is 28.7 Å². The number of rotatable bonds is 12. The Morgan fingerprint density at radius 1 is 0.426 bits per heavy atom. The first-order valence-corrected chi connectivity index (χ1v) is 35.1. The molecule has 6 aromatic carbocycles. The Bertz CT molecular complexity index is 3530. The van der Waals surface area contributed by atoms with Crippen LogP contribution < -0.4 is 4.52 Å². The van der Waals surface area contributed by atoms with Crippen molar-refractivity contribution in [3.05, 3.63) is 167 Å². The number of hydrogen-bond donors (Lipinski definition) is 4. The molecule has 6 aromatic rings. The summed E-state index contributed by atoms with van der Waals surface area (Å²) in [6.45, 7) is 72.1. The molecule has 0 radical (unpaired) electrons. The smallest absolute Gasteiger partial charge is 0.306 e. The van der Waals surface area contributed by atoms with Crippen molar-refractivity contribution in [2.24, 2.45) is 5.92 Å². The number of esters is 1. The minimum absolute atomic E-state index is 0.104. The van der Waals surface area contributed by atoms with Crippen LogP contribution >= 0.6 is 9.47 Å². The fraction of sp³-hybridized carbons (Fsp3) is 0.570. The van der Waals surface area contributed by atoms with Crippen molar-refractivity contribution < 1.29 is 34.5 Å². The van der Waals surface area contributed by atoms with Crippen molar-refractivity contribution in [2.75, 3.05) is 6.61 Å². The maximum Gasteiger partial charge on any atom is 0.306 e. The largest absolute Gasteiger partial charge is 0.507 e. The molecular formula is C86H129O7P. The van der Waals surface area contributed by atoms with E-state index in [0.717, 1.165) is 80.6 Å². The van der Waals surface area contributed by atoms with Gasteiger partial charge in [0, 0.05) is 23.1 Å². The van der Waals surface area contributed by atoms with E-state index in [1.807, 2.05) is 19.1 Å². The predicted molar refractivity (Wildman–Crippen MR) is 406 cm³/mol. The van der Waals surface area contributed by atoms with E-state index in [-0.39, 0.29) is 54.7 Å². The molecule has 0 saturated heterocycles. The Kier molecular flexibility index (Phi) is 25.3. The van der Waals surface area contributed by atoms with Crippen LogP contribution in [0.2, 0.25) is 0 Å². The second-order valence-corrected chi connectivity index (χ2v) is 36.9. The lowest BCUT2D eigenvalue weighted by atomic mass is 9.75. The normalized spacial score (nSPS) is 12.9. The van der Waals surface area contributed by atoms with E-state index in [2.05, 4.69) is 286 Å². The van der Waals surface area contributed by atoms with Crippen LogP contribution in [0.25, 0.3) is 11.1 Å². The second kappa shape index (κ2) is 29.5. The molecule has 0 aliphatic heterocycles. The molecule has 1 atom stereocenters. The molecule has 1 unspecified atom stereocenters. The van der Waals surface area contributed by atoms with Gasteiger partial charge in [0.05, 0.1) is 16.1 Å². The molecule has 0 heterocycles. The number of benzene rings is 6. The number of ether oxygens (including phenoxy) is 1. The zero-order valence-electron chi connectivity index (χ0n) is 65.3. The molecule has 4 N–H and O–H groups in total. The summed E-state index contributed by atoms with van der Waals surface area (Å²) in [6, 6.07) is 23.9. The number of hydrogen-bond acceptors (Lipinski definition) is 7. The number of phenolic OH excluding ortho intramolecular Hbond substituents is 4. The van der Waals surface area contributed by atoms with Crippen molar-refractivity contribution >= 4 is 15.4 Å². The fourth-order valence-corrected chi connectivity index (χ4v) is 12.9. The van der Waals surface area contributed by atoms with Crippen molar-refractivity contribution in [1.82, 2.24) is 0 Å². The van der Waals surface area contributed by atoms with Crippen LogP contribution in [0.1, 0.15) is 314 Å². The minimum atomic E-state index is -0.265. The standard InChI is InChI=1S/C53H76O3.C19H30O3.C14H23OP/c1-30(2)21-37-22-34(25-40(46(37)54)49(6,7)8)23-38-31(3)39(24-35-26-41(50(9,10)11)47(55)42(27-35)51(12,13)14)33(5)45(32(38)4)36-28-43(52(15,16)17)48(56)44(29-36)53(18,19)20;1-8-22-16(20)10-9-13-11-14(18(2,3)4)17(21)15(12-13)19(5,6)7;1-13(2,3)10-7-8-12(15-16)11(9-10)14(4,5)6/h22,25-30,54-56H,21,23-24H2,1-20H3;11-12,21H,8-10H2,1-7H3;7-9H,16H2,1-6H3. The van der Waals surface area contributed by atoms with Crippen LogP contribution in [0.15, 0.2) is 66.7 Å². The third-order valence-electron chi connectivity index (χ3n) is 18.3. The monoisotopic (exact) mass is 1300 g/mol. The van der Waals surface area contributed by atoms with Gasteiger partial charge in [-0.3, -0.25) is 4.79 Å².